The maximum atomic E-state index is 9.71. The third-order valence-corrected chi connectivity index (χ3v) is 2.11. The lowest BCUT2D eigenvalue weighted by molar-refractivity contribution is -0.0910. The summed E-state index contributed by atoms with van der Waals surface area (Å²) >= 11 is 0. The lowest BCUT2D eigenvalue weighted by Crippen LogP contribution is -2.45. The van der Waals surface area contributed by atoms with Crippen molar-refractivity contribution in [2.75, 3.05) is 13.1 Å². The van der Waals surface area contributed by atoms with E-state index in [1.165, 1.54) is 0 Å². The summed E-state index contributed by atoms with van der Waals surface area (Å²) in [6.07, 6.45) is 0.786. The molecule has 10 heavy (non-hydrogen) atoms. The molecule has 0 aliphatic rings. The van der Waals surface area contributed by atoms with E-state index in [1.54, 1.807) is 0 Å². The second-order valence-electron chi connectivity index (χ2n) is 2.74. The van der Waals surface area contributed by atoms with Crippen LogP contribution in [0.2, 0.25) is 0 Å². The maximum Gasteiger partial charge on any atom is 0.115 e. The first kappa shape index (κ1) is 9.92. The van der Waals surface area contributed by atoms with Crippen LogP contribution in [0, 0.1) is 0 Å². The van der Waals surface area contributed by atoms with Crippen LogP contribution in [0.1, 0.15) is 34.1 Å². The number of hydrogen-bond donors (Lipinski definition) is 1. The molecular formula is C8H19NO. The maximum absolute atomic E-state index is 9.71. The summed E-state index contributed by atoms with van der Waals surface area (Å²) in [6, 6.07) is 0. The Balaban J connectivity index is 3.97. The largest absolute Gasteiger partial charge is 0.376 e. The van der Waals surface area contributed by atoms with Crippen molar-refractivity contribution in [1.29, 1.82) is 0 Å². The van der Waals surface area contributed by atoms with Crippen LogP contribution in [0.3, 0.4) is 0 Å². The first-order valence-electron chi connectivity index (χ1n) is 4.05. The highest BCUT2D eigenvalue weighted by Gasteiger charge is 2.23. The lowest BCUT2D eigenvalue weighted by atomic mass is 10.1. The molecule has 0 fully saturated rings. The Morgan fingerprint density at radius 2 is 1.60 bits per heavy atom. The van der Waals surface area contributed by atoms with Gasteiger partial charge in [-0.1, -0.05) is 20.8 Å². The Labute approximate surface area is 63.8 Å². The molecule has 0 aromatic heterocycles. The molecule has 0 rings (SSSR count). The SMILES string of the molecule is CCN(CC)C(C)(O)CC. The van der Waals surface area contributed by atoms with Gasteiger partial charge in [-0.2, -0.15) is 0 Å². The van der Waals surface area contributed by atoms with Crippen molar-refractivity contribution in [3.05, 3.63) is 0 Å². The lowest BCUT2D eigenvalue weighted by Gasteiger charge is -2.34. The Morgan fingerprint density at radius 3 is 1.70 bits per heavy atom. The fourth-order valence-corrected chi connectivity index (χ4v) is 1.13. The van der Waals surface area contributed by atoms with E-state index in [1.807, 2.05) is 18.7 Å². The van der Waals surface area contributed by atoms with Gasteiger partial charge in [0.05, 0.1) is 0 Å². The van der Waals surface area contributed by atoms with Gasteiger partial charge in [-0.25, -0.2) is 0 Å². The summed E-state index contributed by atoms with van der Waals surface area (Å²) in [6.45, 7) is 9.81. The number of aliphatic hydroxyl groups is 1. The molecule has 0 aliphatic carbocycles. The fraction of sp³-hybridized carbons (Fsp3) is 1.00. The van der Waals surface area contributed by atoms with Crippen molar-refractivity contribution >= 4 is 0 Å². The summed E-state index contributed by atoms with van der Waals surface area (Å²) < 4.78 is 0. The predicted octanol–water partition coefficient (Wildman–Crippen LogP) is 1.45. The van der Waals surface area contributed by atoms with Crippen LogP contribution in [0.4, 0.5) is 0 Å². The molecule has 0 heterocycles. The number of nitrogens with zero attached hydrogens (tertiary/aromatic N) is 1. The second-order valence-corrected chi connectivity index (χ2v) is 2.74. The Morgan fingerprint density at radius 1 is 1.20 bits per heavy atom. The van der Waals surface area contributed by atoms with Crippen molar-refractivity contribution in [2.24, 2.45) is 0 Å². The van der Waals surface area contributed by atoms with Crippen LogP contribution in [0.5, 0.6) is 0 Å². The smallest absolute Gasteiger partial charge is 0.115 e. The number of rotatable bonds is 4. The minimum atomic E-state index is -0.608. The minimum Gasteiger partial charge on any atom is -0.376 e. The first-order valence-corrected chi connectivity index (χ1v) is 4.05. The van der Waals surface area contributed by atoms with Crippen LogP contribution in [-0.2, 0) is 0 Å². The normalized spacial score (nSPS) is 17.4. The monoisotopic (exact) mass is 145 g/mol. The average molecular weight is 145 g/mol. The molecule has 0 aromatic carbocycles. The highest BCUT2D eigenvalue weighted by Crippen LogP contribution is 2.13. The zero-order chi connectivity index (χ0) is 8.20. The van der Waals surface area contributed by atoms with Crippen molar-refractivity contribution in [3.63, 3.8) is 0 Å². The predicted molar refractivity (Wildman–Crippen MR) is 43.8 cm³/mol. The summed E-state index contributed by atoms with van der Waals surface area (Å²) in [5.41, 5.74) is -0.608. The quantitative estimate of drug-likeness (QED) is 0.605. The third kappa shape index (κ3) is 2.27. The second kappa shape index (κ2) is 3.94. The van der Waals surface area contributed by atoms with Gasteiger partial charge in [0.25, 0.3) is 0 Å². The Kier molecular flexibility index (Phi) is 3.91. The Hall–Kier alpha value is -0.0800. The molecule has 2 nitrogen and oxygen atoms in total. The summed E-state index contributed by atoms with van der Waals surface area (Å²) in [4.78, 5) is 2.05. The fourth-order valence-electron chi connectivity index (χ4n) is 1.13. The molecule has 1 atom stereocenters. The van der Waals surface area contributed by atoms with Crippen molar-refractivity contribution < 1.29 is 5.11 Å². The van der Waals surface area contributed by atoms with E-state index in [2.05, 4.69) is 13.8 Å². The highest BCUT2D eigenvalue weighted by molar-refractivity contribution is 4.70. The van der Waals surface area contributed by atoms with Gasteiger partial charge in [-0.05, 0) is 26.4 Å². The molecule has 0 spiro atoms. The van der Waals surface area contributed by atoms with Crippen LogP contribution in [0.15, 0.2) is 0 Å². The highest BCUT2D eigenvalue weighted by atomic mass is 16.3. The van der Waals surface area contributed by atoms with Gasteiger partial charge in [0.1, 0.15) is 5.72 Å². The van der Waals surface area contributed by atoms with Gasteiger partial charge in [-0.3, -0.25) is 4.90 Å². The molecule has 2 heteroatoms. The van der Waals surface area contributed by atoms with E-state index in [9.17, 15) is 5.11 Å². The van der Waals surface area contributed by atoms with Gasteiger partial charge >= 0.3 is 0 Å². The Bertz CT molecular complexity index is 87.3. The molecule has 1 N–H and O–H groups in total. The molecule has 0 aromatic rings. The van der Waals surface area contributed by atoms with Gasteiger partial charge < -0.3 is 5.11 Å². The van der Waals surface area contributed by atoms with E-state index >= 15 is 0 Å². The first-order chi connectivity index (χ1) is 4.58. The van der Waals surface area contributed by atoms with Crippen molar-refractivity contribution in [1.82, 2.24) is 4.90 Å². The van der Waals surface area contributed by atoms with E-state index in [4.69, 9.17) is 0 Å². The number of hydrogen-bond acceptors (Lipinski definition) is 2. The molecule has 0 saturated carbocycles. The van der Waals surface area contributed by atoms with E-state index in [0.717, 1.165) is 19.5 Å². The molecule has 0 radical (unpaired) electrons. The third-order valence-electron chi connectivity index (χ3n) is 2.11. The standard InChI is InChI=1S/C8H19NO/c1-5-8(4,10)9(6-2)7-3/h10H,5-7H2,1-4H3. The van der Waals surface area contributed by atoms with Crippen LogP contribution in [-0.4, -0.2) is 28.8 Å². The molecule has 0 amide bonds. The van der Waals surface area contributed by atoms with Crippen LogP contribution >= 0.6 is 0 Å². The summed E-state index contributed by atoms with van der Waals surface area (Å²) in [7, 11) is 0. The van der Waals surface area contributed by atoms with Gasteiger partial charge in [0.15, 0.2) is 0 Å². The van der Waals surface area contributed by atoms with E-state index in [-0.39, 0.29) is 0 Å². The van der Waals surface area contributed by atoms with E-state index in [0.29, 0.717) is 0 Å². The van der Waals surface area contributed by atoms with Gasteiger partial charge in [0.2, 0.25) is 0 Å². The zero-order valence-electron chi connectivity index (χ0n) is 7.52. The van der Waals surface area contributed by atoms with Gasteiger partial charge in [-0.15, -0.1) is 0 Å². The zero-order valence-corrected chi connectivity index (χ0v) is 7.52. The summed E-state index contributed by atoms with van der Waals surface area (Å²) in [5.74, 6) is 0. The van der Waals surface area contributed by atoms with Crippen LogP contribution in [0.25, 0.3) is 0 Å². The molecule has 0 aliphatic heterocycles. The molecular weight excluding hydrogens is 126 g/mol. The molecule has 1 unspecified atom stereocenters. The minimum absolute atomic E-state index is 0.608. The van der Waals surface area contributed by atoms with Crippen molar-refractivity contribution in [2.45, 2.75) is 39.8 Å². The molecule has 62 valence electrons. The summed E-state index contributed by atoms with van der Waals surface area (Å²) in [5, 5.41) is 9.71. The van der Waals surface area contributed by atoms with Crippen molar-refractivity contribution in [3.8, 4) is 0 Å². The molecule has 0 bridgehead atoms. The van der Waals surface area contributed by atoms with Crippen LogP contribution < -0.4 is 0 Å². The molecule has 0 saturated heterocycles. The topological polar surface area (TPSA) is 23.5 Å². The van der Waals surface area contributed by atoms with Gasteiger partial charge in [0, 0.05) is 0 Å². The average Bonchev–Trinajstić information content (AvgIpc) is 1.90. The van der Waals surface area contributed by atoms with E-state index < -0.39 is 5.72 Å².